The van der Waals surface area contributed by atoms with Gasteiger partial charge < -0.3 is 9.47 Å². The molecule has 0 unspecified atom stereocenters. The van der Waals surface area contributed by atoms with Gasteiger partial charge in [-0.25, -0.2) is 0 Å². The number of fused-ring (bicyclic) bond motifs is 4. The van der Waals surface area contributed by atoms with E-state index in [1.54, 1.807) is 18.3 Å². The molecule has 136 valence electrons. The van der Waals surface area contributed by atoms with Crippen molar-refractivity contribution in [3.05, 3.63) is 63.3 Å². The number of carbonyl (C=O) groups is 1. The second kappa shape index (κ2) is 6.88. The van der Waals surface area contributed by atoms with Crippen LogP contribution in [0.4, 0.5) is 0 Å². The average Bonchev–Trinajstić information content (AvgIpc) is 2.65. The Morgan fingerprint density at radius 2 is 2.15 bits per heavy atom. The molecule has 0 radical (unpaired) electrons. The van der Waals surface area contributed by atoms with Crippen molar-refractivity contribution in [3.8, 4) is 0 Å². The van der Waals surface area contributed by atoms with Crippen LogP contribution in [-0.4, -0.2) is 33.4 Å². The Bertz CT molecular complexity index is 895. The number of pyridine rings is 2. The normalized spacial score (nSPS) is 24.2. The molecule has 0 spiro atoms. The van der Waals surface area contributed by atoms with E-state index in [4.69, 9.17) is 11.6 Å². The zero-order chi connectivity index (χ0) is 18.3. The van der Waals surface area contributed by atoms with Gasteiger partial charge in [-0.3, -0.25) is 14.6 Å². The van der Waals surface area contributed by atoms with E-state index in [0.717, 1.165) is 25.0 Å². The lowest BCUT2D eigenvalue weighted by Gasteiger charge is -2.47. The van der Waals surface area contributed by atoms with Gasteiger partial charge in [-0.1, -0.05) is 31.0 Å². The molecule has 1 saturated heterocycles. The molecular weight excluding hydrogens is 350 g/mol. The van der Waals surface area contributed by atoms with E-state index in [-0.39, 0.29) is 23.4 Å². The summed E-state index contributed by atoms with van der Waals surface area (Å²) in [6, 6.07) is 7.35. The highest BCUT2D eigenvalue weighted by Gasteiger charge is 2.41. The lowest BCUT2D eigenvalue weighted by Crippen LogP contribution is -2.51. The lowest BCUT2D eigenvalue weighted by molar-refractivity contribution is 0.0519. The standard InChI is InChI=1S/C20H22ClN3O2/c1-2-4-17-13-9-14(18-5-3-6-19(25)24(17)18)12-23(11-13)20(26)15-7-8-22-10-16(15)21/h3,5-8,10,13-14,17H,2,4,9,11-12H2,1H3/t13-,14+,17-/m0/s1. The molecule has 4 rings (SSSR count). The van der Waals surface area contributed by atoms with Gasteiger partial charge in [0.15, 0.2) is 0 Å². The van der Waals surface area contributed by atoms with Crippen LogP contribution in [0.5, 0.6) is 0 Å². The fourth-order valence-electron chi connectivity index (χ4n) is 4.59. The molecule has 3 atom stereocenters. The van der Waals surface area contributed by atoms with E-state index in [2.05, 4.69) is 11.9 Å². The minimum absolute atomic E-state index is 0.0472. The smallest absolute Gasteiger partial charge is 0.255 e. The first-order valence-electron chi connectivity index (χ1n) is 9.20. The van der Waals surface area contributed by atoms with Gasteiger partial charge in [0.1, 0.15) is 0 Å². The van der Waals surface area contributed by atoms with Crippen molar-refractivity contribution in [2.75, 3.05) is 13.1 Å². The number of likely N-dealkylation sites (tertiary alicyclic amines) is 1. The molecule has 4 heterocycles. The number of amides is 1. The maximum Gasteiger partial charge on any atom is 0.255 e. The summed E-state index contributed by atoms with van der Waals surface area (Å²) in [7, 11) is 0. The molecule has 2 aromatic heterocycles. The highest BCUT2D eigenvalue weighted by atomic mass is 35.5. The fourth-order valence-corrected chi connectivity index (χ4v) is 4.79. The first-order valence-corrected chi connectivity index (χ1v) is 9.58. The van der Waals surface area contributed by atoms with Crippen LogP contribution < -0.4 is 5.56 Å². The van der Waals surface area contributed by atoms with Crippen LogP contribution in [0.15, 0.2) is 41.5 Å². The van der Waals surface area contributed by atoms with Crippen LogP contribution in [0.25, 0.3) is 0 Å². The van der Waals surface area contributed by atoms with Crippen LogP contribution in [0.3, 0.4) is 0 Å². The zero-order valence-corrected chi connectivity index (χ0v) is 15.5. The van der Waals surface area contributed by atoms with Gasteiger partial charge in [-0.2, -0.15) is 0 Å². The van der Waals surface area contributed by atoms with Crippen LogP contribution in [0.2, 0.25) is 5.02 Å². The van der Waals surface area contributed by atoms with Gasteiger partial charge in [-0.05, 0) is 30.9 Å². The molecular formula is C20H22ClN3O2. The molecule has 0 saturated carbocycles. The summed E-state index contributed by atoms with van der Waals surface area (Å²) >= 11 is 6.18. The third kappa shape index (κ3) is 2.84. The van der Waals surface area contributed by atoms with Gasteiger partial charge in [0.05, 0.1) is 10.6 Å². The molecule has 2 bridgehead atoms. The molecule has 0 aliphatic carbocycles. The predicted molar refractivity (Wildman–Crippen MR) is 101 cm³/mol. The summed E-state index contributed by atoms with van der Waals surface area (Å²) in [4.78, 5) is 31.4. The number of aromatic nitrogens is 2. The molecule has 1 amide bonds. The van der Waals surface area contributed by atoms with E-state index < -0.39 is 0 Å². The number of carbonyl (C=O) groups excluding carboxylic acids is 1. The second-order valence-electron chi connectivity index (χ2n) is 7.27. The monoisotopic (exact) mass is 371 g/mol. The number of halogens is 1. The lowest BCUT2D eigenvalue weighted by atomic mass is 9.77. The van der Waals surface area contributed by atoms with E-state index in [1.165, 1.54) is 6.20 Å². The number of nitrogens with zero attached hydrogens (tertiary/aromatic N) is 3. The van der Waals surface area contributed by atoms with Crippen molar-refractivity contribution >= 4 is 17.5 Å². The van der Waals surface area contributed by atoms with E-state index in [9.17, 15) is 9.59 Å². The third-order valence-corrected chi connectivity index (χ3v) is 5.97. The molecule has 2 aliphatic rings. The van der Waals surface area contributed by atoms with Crippen molar-refractivity contribution in [2.45, 2.75) is 38.1 Å². The topological polar surface area (TPSA) is 55.2 Å². The van der Waals surface area contributed by atoms with Gasteiger partial charge in [-0.15, -0.1) is 0 Å². The second-order valence-corrected chi connectivity index (χ2v) is 7.68. The molecule has 1 fully saturated rings. The van der Waals surface area contributed by atoms with E-state index in [0.29, 0.717) is 29.6 Å². The SMILES string of the molecule is CCC[C@H]1[C@H]2C[C@H](CN(C(=O)c3ccncc3Cl)C2)c2cccc(=O)n21. The molecule has 0 aromatic carbocycles. The van der Waals surface area contributed by atoms with Crippen LogP contribution in [0.1, 0.15) is 54.2 Å². The molecule has 2 aromatic rings. The van der Waals surface area contributed by atoms with E-state index in [1.807, 2.05) is 21.6 Å². The minimum atomic E-state index is -0.0472. The first kappa shape index (κ1) is 17.3. The Morgan fingerprint density at radius 1 is 1.31 bits per heavy atom. The van der Waals surface area contributed by atoms with Gasteiger partial charge >= 0.3 is 0 Å². The largest absolute Gasteiger partial charge is 0.338 e. The quantitative estimate of drug-likeness (QED) is 0.829. The van der Waals surface area contributed by atoms with Gasteiger partial charge in [0.2, 0.25) is 0 Å². The van der Waals surface area contributed by atoms with Crippen molar-refractivity contribution in [3.63, 3.8) is 0 Å². The van der Waals surface area contributed by atoms with Crippen molar-refractivity contribution in [1.82, 2.24) is 14.5 Å². The number of piperidine rings is 1. The van der Waals surface area contributed by atoms with E-state index >= 15 is 0 Å². The number of hydrogen-bond donors (Lipinski definition) is 0. The van der Waals surface area contributed by atoms with Crippen LogP contribution in [-0.2, 0) is 0 Å². The summed E-state index contributed by atoms with van der Waals surface area (Å²) in [6.07, 6.45) is 6.10. The Kier molecular flexibility index (Phi) is 4.57. The molecule has 0 N–H and O–H groups in total. The van der Waals surface area contributed by atoms with Crippen LogP contribution >= 0.6 is 11.6 Å². The average molecular weight is 372 g/mol. The summed E-state index contributed by atoms with van der Waals surface area (Å²) in [5.41, 5.74) is 1.64. The molecule has 2 aliphatic heterocycles. The van der Waals surface area contributed by atoms with Crippen LogP contribution in [0, 0.1) is 5.92 Å². The van der Waals surface area contributed by atoms with Crippen molar-refractivity contribution in [2.24, 2.45) is 5.92 Å². The summed E-state index contributed by atoms with van der Waals surface area (Å²) in [5.74, 6) is 0.445. The summed E-state index contributed by atoms with van der Waals surface area (Å²) in [5, 5.41) is 0.384. The highest BCUT2D eigenvalue weighted by Crippen LogP contribution is 2.43. The zero-order valence-electron chi connectivity index (χ0n) is 14.8. The molecule has 5 nitrogen and oxygen atoms in total. The Labute approximate surface area is 157 Å². The molecule has 26 heavy (non-hydrogen) atoms. The highest BCUT2D eigenvalue weighted by molar-refractivity contribution is 6.33. The van der Waals surface area contributed by atoms with Gasteiger partial charge in [0.25, 0.3) is 11.5 Å². The maximum atomic E-state index is 13.0. The third-order valence-electron chi connectivity index (χ3n) is 5.67. The van der Waals surface area contributed by atoms with Gasteiger partial charge in [0, 0.05) is 49.2 Å². The Morgan fingerprint density at radius 3 is 2.92 bits per heavy atom. The fraction of sp³-hybridized carbons (Fsp3) is 0.450. The van der Waals surface area contributed by atoms with Crippen molar-refractivity contribution < 1.29 is 4.79 Å². The predicted octanol–water partition coefficient (Wildman–Crippen LogP) is 3.50. The minimum Gasteiger partial charge on any atom is -0.338 e. The maximum absolute atomic E-state index is 13.0. The number of hydrogen-bond acceptors (Lipinski definition) is 3. The Hall–Kier alpha value is -2.14. The summed E-state index contributed by atoms with van der Waals surface area (Å²) < 4.78 is 1.99. The Balaban J connectivity index is 1.70. The van der Waals surface area contributed by atoms with Crippen molar-refractivity contribution in [1.29, 1.82) is 0 Å². The first-order chi connectivity index (χ1) is 12.6. The molecule has 6 heteroatoms. The summed E-state index contributed by atoms with van der Waals surface area (Å²) in [6.45, 7) is 3.43. The number of rotatable bonds is 3.